The first-order valence-corrected chi connectivity index (χ1v) is 7.82. The lowest BCUT2D eigenvalue weighted by atomic mass is 10.2. The highest BCUT2D eigenvalue weighted by atomic mass is 16.5. The number of carbonyl (C=O) groups is 1. The molecule has 7 heteroatoms. The third kappa shape index (κ3) is 5.46. The van der Waals surface area contributed by atoms with Gasteiger partial charge in [0.05, 0.1) is 6.54 Å². The van der Waals surface area contributed by atoms with Gasteiger partial charge in [0, 0.05) is 17.9 Å². The average molecular weight is 317 g/mol. The van der Waals surface area contributed by atoms with Gasteiger partial charge in [0.1, 0.15) is 12.4 Å². The molecule has 1 heterocycles. The molecule has 2 rings (SSSR count). The van der Waals surface area contributed by atoms with Gasteiger partial charge >= 0.3 is 0 Å². The normalized spacial score (nSPS) is 10.7. The van der Waals surface area contributed by atoms with Gasteiger partial charge in [-0.1, -0.05) is 19.8 Å². The number of amides is 1. The first-order valence-electron chi connectivity index (χ1n) is 7.82. The molecule has 4 N–H and O–H groups in total. The summed E-state index contributed by atoms with van der Waals surface area (Å²) in [7, 11) is 0. The van der Waals surface area contributed by atoms with E-state index < -0.39 is 0 Å². The lowest BCUT2D eigenvalue weighted by molar-refractivity contribution is -0.120. The molecule has 0 fully saturated rings. The summed E-state index contributed by atoms with van der Waals surface area (Å²) in [6.07, 6.45) is 3.25. The van der Waals surface area contributed by atoms with Crippen molar-refractivity contribution in [2.24, 2.45) is 5.73 Å². The van der Waals surface area contributed by atoms with Crippen LogP contribution >= 0.6 is 0 Å². The minimum absolute atomic E-state index is 0.0756. The van der Waals surface area contributed by atoms with Crippen molar-refractivity contribution in [3.8, 4) is 11.4 Å². The summed E-state index contributed by atoms with van der Waals surface area (Å²) < 4.78 is 5.33. The Balaban J connectivity index is 1.81. The largest absolute Gasteiger partial charge is 0.372 e. The number of hydrogen-bond donors (Lipinski definition) is 3. The summed E-state index contributed by atoms with van der Waals surface area (Å²) in [5, 5.41) is 9.65. The highest BCUT2D eigenvalue weighted by Gasteiger charge is 2.06. The van der Waals surface area contributed by atoms with Crippen molar-refractivity contribution < 1.29 is 9.53 Å². The second-order valence-electron chi connectivity index (χ2n) is 5.20. The maximum atomic E-state index is 11.8. The minimum atomic E-state index is -0.155. The van der Waals surface area contributed by atoms with Crippen LogP contribution in [0.4, 0.5) is 5.69 Å². The third-order valence-corrected chi connectivity index (χ3v) is 3.28. The number of rotatable bonds is 9. The number of anilines is 1. The van der Waals surface area contributed by atoms with Gasteiger partial charge < -0.3 is 15.8 Å². The lowest BCUT2D eigenvalue weighted by Crippen LogP contribution is -2.18. The zero-order valence-electron chi connectivity index (χ0n) is 13.3. The van der Waals surface area contributed by atoms with E-state index in [0.29, 0.717) is 30.5 Å². The molecule has 0 saturated heterocycles. The monoisotopic (exact) mass is 317 g/mol. The number of nitrogens with one attached hydrogen (secondary N) is 2. The van der Waals surface area contributed by atoms with E-state index in [1.165, 1.54) is 0 Å². The van der Waals surface area contributed by atoms with E-state index in [1.807, 2.05) is 24.3 Å². The van der Waals surface area contributed by atoms with E-state index in [0.717, 1.165) is 24.8 Å². The molecule has 0 saturated carbocycles. The van der Waals surface area contributed by atoms with E-state index in [-0.39, 0.29) is 12.5 Å². The Kier molecular flexibility index (Phi) is 6.71. The molecule has 1 aromatic carbocycles. The molecular formula is C16H23N5O2. The number of carbonyl (C=O) groups excluding carboxylic acids is 1. The Morgan fingerprint density at radius 1 is 1.30 bits per heavy atom. The van der Waals surface area contributed by atoms with Gasteiger partial charge in [0.15, 0.2) is 5.82 Å². The van der Waals surface area contributed by atoms with Crippen LogP contribution < -0.4 is 11.1 Å². The summed E-state index contributed by atoms with van der Waals surface area (Å²) in [6.45, 7) is 3.14. The third-order valence-electron chi connectivity index (χ3n) is 3.28. The van der Waals surface area contributed by atoms with Crippen molar-refractivity contribution in [2.75, 3.05) is 18.5 Å². The molecule has 1 amide bonds. The molecule has 0 bridgehead atoms. The molecule has 2 aromatic rings. The average Bonchev–Trinajstić information content (AvgIpc) is 3.04. The Bertz CT molecular complexity index is 609. The van der Waals surface area contributed by atoms with Gasteiger partial charge in [-0.05, 0) is 30.7 Å². The summed E-state index contributed by atoms with van der Waals surface area (Å²) in [6, 6.07) is 7.31. The molecule has 0 aliphatic heterocycles. The number of nitrogens with two attached hydrogens (primary N) is 1. The number of aromatic amines is 1. The zero-order valence-corrected chi connectivity index (χ0v) is 13.3. The molecule has 23 heavy (non-hydrogen) atoms. The van der Waals surface area contributed by atoms with Crippen LogP contribution in [0, 0.1) is 0 Å². The number of hydrogen-bond acceptors (Lipinski definition) is 5. The number of H-pyrrole nitrogens is 1. The lowest BCUT2D eigenvalue weighted by Gasteiger charge is -2.06. The second-order valence-corrected chi connectivity index (χ2v) is 5.20. The van der Waals surface area contributed by atoms with Crippen LogP contribution in [0.15, 0.2) is 24.3 Å². The van der Waals surface area contributed by atoms with Gasteiger partial charge in [-0.3, -0.25) is 9.89 Å². The fourth-order valence-corrected chi connectivity index (χ4v) is 2.03. The van der Waals surface area contributed by atoms with Gasteiger partial charge in [-0.15, -0.1) is 0 Å². The smallest absolute Gasteiger partial charge is 0.250 e. The summed E-state index contributed by atoms with van der Waals surface area (Å²) in [5.74, 6) is 1.07. The Hall–Kier alpha value is -2.25. The van der Waals surface area contributed by atoms with Crippen LogP contribution in [0.1, 0.15) is 32.0 Å². The molecule has 7 nitrogen and oxygen atoms in total. The number of nitrogens with zero attached hydrogens (tertiary/aromatic N) is 2. The van der Waals surface area contributed by atoms with E-state index in [2.05, 4.69) is 27.4 Å². The van der Waals surface area contributed by atoms with Gasteiger partial charge in [-0.25, -0.2) is 4.98 Å². The molecule has 124 valence electrons. The van der Waals surface area contributed by atoms with Gasteiger partial charge in [0.2, 0.25) is 5.91 Å². The zero-order chi connectivity index (χ0) is 16.5. The van der Waals surface area contributed by atoms with Crippen molar-refractivity contribution >= 4 is 11.6 Å². The maximum absolute atomic E-state index is 11.8. The van der Waals surface area contributed by atoms with Crippen molar-refractivity contribution in [3.05, 3.63) is 30.1 Å². The highest BCUT2D eigenvalue weighted by molar-refractivity contribution is 5.91. The van der Waals surface area contributed by atoms with Crippen LogP contribution in [0.3, 0.4) is 0 Å². The fraction of sp³-hybridized carbons (Fsp3) is 0.438. The Morgan fingerprint density at radius 3 is 2.74 bits per heavy atom. The topological polar surface area (TPSA) is 106 Å². The van der Waals surface area contributed by atoms with Crippen LogP contribution in [-0.2, 0) is 16.1 Å². The predicted octanol–water partition coefficient (Wildman–Crippen LogP) is 2.08. The molecule has 0 radical (unpaired) electrons. The van der Waals surface area contributed by atoms with Crippen LogP contribution in [0.5, 0.6) is 0 Å². The van der Waals surface area contributed by atoms with Crippen LogP contribution in [0.25, 0.3) is 11.4 Å². The predicted molar refractivity (Wildman–Crippen MR) is 88.7 cm³/mol. The van der Waals surface area contributed by atoms with Crippen molar-refractivity contribution in [1.29, 1.82) is 0 Å². The molecular weight excluding hydrogens is 294 g/mol. The quantitative estimate of drug-likeness (QED) is 0.614. The SMILES string of the molecule is CCCCCOCC(=O)Nc1ccc(-c2n[nH]c(CN)n2)cc1. The number of benzene rings is 1. The highest BCUT2D eigenvalue weighted by Crippen LogP contribution is 2.17. The van der Waals surface area contributed by atoms with Gasteiger partial charge in [0.25, 0.3) is 0 Å². The fourth-order valence-electron chi connectivity index (χ4n) is 2.03. The minimum Gasteiger partial charge on any atom is -0.372 e. The van der Waals surface area contributed by atoms with Crippen LogP contribution in [0.2, 0.25) is 0 Å². The summed E-state index contributed by atoms with van der Waals surface area (Å²) in [5.41, 5.74) is 7.06. The van der Waals surface area contributed by atoms with E-state index in [4.69, 9.17) is 10.5 Å². The second kappa shape index (κ2) is 9.02. The van der Waals surface area contributed by atoms with Crippen molar-refractivity contribution in [3.63, 3.8) is 0 Å². The van der Waals surface area contributed by atoms with Crippen molar-refractivity contribution in [2.45, 2.75) is 32.7 Å². The summed E-state index contributed by atoms with van der Waals surface area (Å²) >= 11 is 0. The summed E-state index contributed by atoms with van der Waals surface area (Å²) in [4.78, 5) is 16.0. The molecule has 0 unspecified atom stereocenters. The van der Waals surface area contributed by atoms with E-state index in [9.17, 15) is 4.79 Å². The standard InChI is InChI=1S/C16H23N5O2/c1-2-3-4-9-23-11-15(22)18-13-7-5-12(6-8-13)16-19-14(10-17)20-21-16/h5-8H,2-4,9-11,17H2,1H3,(H,18,22)(H,19,20,21). The first-order chi connectivity index (χ1) is 11.2. The van der Waals surface area contributed by atoms with E-state index in [1.54, 1.807) is 0 Å². The van der Waals surface area contributed by atoms with Crippen LogP contribution in [-0.4, -0.2) is 34.3 Å². The number of aromatic nitrogens is 3. The number of unbranched alkanes of at least 4 members (excludes halogenated alkanes) is 2. The molecule has 1 aromatic heterocycles. The number of ether oxygens (including phenoxy) is 1. The molecule has 0 aliphatic rings. The van der Waals surface area contributed by atoms with Gasteiger partial charge in [-0.2, -0.15) is 5.10 Å². The maximum Gasteiger partial charge on any atom is 0.250 e. The molecule has 0 atom stereocenters. The Morgan fingerprint density at radius 2 is 2.09 bits per heavy atom. The molecule has 0 aliphatic carbocycles. The van der Waals surface area contributed by atoms with E-state index >= 15 is 0 Å². The Labute approximate surface area is 135 Å². The molecule has 0 spiro atoms. The van der Waals surface area contributed by atoms with Crippen molar-refractivity contribution in [1.82, 2.24) is 15.2 Å². The first kappa shape index (κ1) is 17.1.